The van der Waals surface area contributed by atoms with E-state index in [2.05, 4.69) is 4.98 Å². The van der Waals surface area contributed by atoms with Crippen LogP contribution in [0.1, 0.15) is 24.6 Å². The summed E-state index contributed by atoms with van der Waals surface area (Å²) in [4.78, 5) is 4.30. The second-order valence-corrected chi connectivity index (χ2v) is 7.53. The molecule has 0 aromatic carbocycles. The summed E-state index contributed by atoms with van der Waals surface area (Å²) >= 11 is 1.26. The number of rotatable bonds is 3. The number of hydrogen-bond donors (Lipinski definition) is 0. The Kier molecular flexibility index (Phi) is 3.38. The first-order valence-corrected chi connectivity index (χ1v) is 8.48. The molecular formula is C13H14N2O2S2. The van der Waals surface area contributed by atoms with Crippen LogP contribution in [0.3, 0.4) is 0 Å². The van der Waals surface area contributed by atoms with Crippen LogP contribution >= 0.6 is 11.3 Å². The number of sulfonamides is 1. The first kappa shape index (κ1) is 12.8. The molecule has 0 bridgehead atoms. The molecule has 100 valence electrons. The summed E-state index contributed by atoms with van der Waals surface area (Å²) in [5.74, 6) is 0. The molecule has 0 amide bonds. The highest BCUT2D eigenvalue weighted by Gasteiger charge is 2.37. The Morgan fingerprint density at radius 2 is 2.16 bits per heavy atom. The van der Waals surface area contributed by atoms with Crippen molar-refractivity contribution in [3.05, 3.63) is 47.6 Å². The standard InChI is InChI=1S/C13H14N2O2S2/c16-19(17,13-7-4-10-18-13)15-9-3-6-12(15)11-5-1-2-8-14-11/h1-2,4-5,7-8,10,12H,3,6,9H2. The van der Waals surface area contributed by atoms with Gasteiger partial charge in [-0.1, -0.05) is 12.1 Å². The van der Waals surface area contributed by atoms with Crippen LogP contribution in [0.25, 0.3) is 0 Å². The molecule has 0 saturated carbocycles. The predicted molar refractivity (Wildman–Crippen MR) is 74.4 cm³/mol. The van der Waals surface area contributed by atoms with Gasteiger partial charge in [-0.15, -0.1) is 11.3 Å². The fourth-order valence-corrected chi connectivity index (χ4v) is 5.21. The van der Waals surface area contributed by atoms with Crippen LogP contribution in [0.4, 0.5) is 0 Å². The zero-order chi connectivity index (χ0) is 13.3. The third kappa shape index (κ3) is 2.31. The Bertz CT molecular complexity index is 639. The maximum absolute atomic E-state index is 12.6. The molecule has 0 radical (unpaired) electrons. The molecular weight excluding hydrogens is 280 g/mol. The fraction of sp³-hybridized carbons (Fsp3) is 0.308. The third-order valence-corrected chi connectivity index (χ3v) is 6.57. The highest BCUT2D eigenvalue weighted by Crippen LogP contribution is 2.36. The molecule has 3 heterocycles. The van der Waals surface area contributed by atoms with E-state index in [0.29, 0.717) is 10.8 Å². The summed E-state index contributed by atoms with van der Waals surface area (Å²) in [6, 6.07) is 8.94. The van der Waals surface area contributed by atoms with Crippen LogP contribution in [-0.4, -0.2) is 24.3 Å². The zero-order valence-corrected chi connectivity index (χ0v) is 11.9. The van der Waals surface area contributed by atoms with E-state index in [0.717, 1.165) is 18.5 Å². The number of thiophene rings is 1. The maximum Gasteiger partial charge on any atom is 0.253 e. The van der Waals surface area contributed by atoms with Gasteiger partial charge < -0.3 is 0 Å². The minimum atomic E-state index is -3.38. The number of pyridine rings is 1. The maximum atomic E-state index is 12.6. The lowest BCUT2D eigenvalue weighted by Gasteiger charge is -2.22. The van der Waals surface area contributed by atoms with Crippen molar-refractivity contribution in [2.75, 3.05) is 6.54 Å². The van der Waals surface area contributed by atoms with Gasteiger partial charge in [0.2, 0.25) is 0 Å². The first-order chi connectivity index (χ1) is 9.19. The Labute approximate surface area is 116 Å². The van der Waals surface area contributed by atoms with Gasteiger partial charge in [-0.3, -0.25) is 4.98 Å². The molecule has 2 aromatic rings. The molecule has 4 nitrogen and oxygen atoms in total. The van der Waals surface area contributed by atoms with E-state index in [4.69, 9.17) is 0 Å². The molecule has 1 saturated heterocycles. The van der Waals surface area contributed by atoms with E-state index in [1.807, 2.05) is 18.2 Å². The van der Waals surface area contributed by atoms with E-state index in [-0.39, 0.29) is 6.04 Å². The Hall–Kier alpha value is -1.24. The van der Waals surface area contributed by atoms with Crippen molar-refractivity contribution in [2.45, 2.75) is 23.1 Å². The van der Waals surface area contributed by atoms with Crippen molar-refractivity contribution < 1.29 is 8.42 Å². The molecule has 0 aliphatic carbocycles. The second-order valence-electron chi connectivity index (χ2n) is 4.46. The van der Waals surface area contributed by atoms with Crippen molar-refractivity contribution in [1.29, 1.82) is 0 Å². The quantitative estimate of drug-likeness (QED) is 0.874. The van der Waals surface area contributed by atoms with Crippen LogP contribution in [0.15, 0.2) is 46.1 Å². The molecule has 3 rings (SSSR count). The lowest BCUT2D eigenvalue weighted by Crippen LogP contribution is -2.30. The monoisotopic (exact) mass is 294 g/mol. The van der Waals surface area contributed by atoms with Crippen molar-refractivity contribution in [2.24, 2.45) is 0 Å². The Balaban J connectivity index is 1.97. The third-order valence-electron chi connectivity index (χ3n) is 3.29. The SMILES string of the molecule is O=S(=O)(c1cccs1)N1CCCC1c1ccccn1. The molecule has 0 N–H and O–H groups in total. The van der Waals surface area contributed by atoms with Crippen molar-refractivity contribution in [3.63, 3.8) is 0 Å². The van der Waals surface area contributed by atoms with Gasteiger partial charge in [-0.05, 0) is 36.4 Å². The van der Waals surface area contributed by atoms with Crippen LogP contribution in [0, 0.1) is 0 Å². The van der Waals surface area contributed by atoms with Crippen LogP contribution in [0.5, 0.6) is 0 Å². The topological polar surface area (TPSA) is 50.3 Å². The Morgan fingerprint density at radius 3 is 2.84 bits per heavy atom. The summed E-state index contributed by atoms with van der Waals surface area (Å²) < 4.78 is 27.2. The first-order valence-electron chi connectivity index (χ1n) is 6.16. The van der Waals surface area contributed by atoms with Gasteiger partial charge in [0.05, 0.1) is 11.7 Å². The largest absolute Gasteiger partial charge is 0.260 e. The molecule has 2 aromatic heterocycles. The second kappa shape index (κ2) is 5.03. The lowest BCUT2D eigenvalue weighted by atomic mass is 10.1. The average molecular weight is 294 g/mol. The minimum Gasteiger partial charge on any atom is -0.260 e. The van der Waals surface area contributed by atoms with Gasteiger partial charge in [-0.25, -0.2) is 8.42 Å². The summed E-state index contributed by atoms with van der Waals surface area (Å²) in [6.07, 6.45) is 3.43. The molecule has 1 fully saturated rings. The van der Waals surface area contributed by atoms with E-state index in [1.165, 1.54) is 11.3 Å². The van der Waals surface area contributed by atoms with Gasteiger partial charge in [0.25, 0.3) is 10.0 Å². The number of nitrogens with zero attached hydrogens (tertiary/aromatic N) is 2. The minimum absolute atomic E-state index is 0.131. The summed E-state index contributed by atoms with van der Waals surface area (Å²) in [5.41, 5.74) is 0.833. The normalized spacial score (nSPS) is 20.7. The summed E-state index contributed by atoms with van der Waals surface area (Å²) in [6.45, 7) is 0.571. The van der Waals surface area contributed by atoms with Gasteiger partial charge in [0.1, 0.15) is 4.21 Å². The van der Waals surface area contributed by atoms with E-state index < -0.39 is 10.0 Å². The van der Waals surface area contributed by atoms with Crippen LogP contribution in [0.2, 0.25) is 0 Å². The smallest absolute Gasteiger partial charge is 0.253 e. The van der Waals surface area contributed by atoms with Crippen LogP contribution < -0.4 is 0 Å². The molecule has 19 heavy (non-hydrogen) atoms. The van der Waals surface area contributed by atoms with Gasteiger partial charge in [0, 0.05) is 12.7 Å². The van der Waals surface area contributed by atoms with Crippen molar-refractivity contribution >= 4 is 21.4 Å². The van der Waals surface area contributed by atoms with Crippen molar-refractivity contribution in [3.8, 4) is 0 Å². The highest BCUT2D eigenvalue weighted by atomic mass is 32.2. The average Bonchev–Trinajstić information content (AvgIpc) is 3.11. The van der Waals surface area contributed by atoms with Crippen LogP contribution in [-0.2, 0) is 10.0 Å². The van der Waals surface area contributed by atoms with Gasteiger partial charge in [0.15, 0.2) is 0 Å². The highest BCUT2D eigenvalue weighted by molar-refractivity contribution is 7.91. The lowest BCUT2D eigenvalue weighted by molar-refractivity contribution is 0.391. The van der Waals surface area contributed by atoms with Gasteiger partial charge in [-0.2, -0.15) is 4.31 Å². The van der Waals surface area contributed by atoms with Gasteiger partial charge >= 0.3 is 0 Å². The molecule has 1 aliphatic heterocycles. The van der Waals surface area contributed by atoms with E-state index in [9.17, 15) is 8.42 Å². The summed E-state index contributed by atoms with van der Waals surface area (Å²) in [5, 5.41) is 1.79. The summed E-state index contributed by atoms with van der Waals surface area (Å²) in [7, 11) is -3.38. The van der Waals surface area contributed by atoms with E-state index in [1.54, 1.807) is 28.0 Å². The molecule has 1 unspecified atom stereocenters. The molecule has 6 heteroatoms. The predicted octanol–water partition coefficient (Wildman–Crippen LogP) is 2.67. The number of hydrogen-bond acceptors (Lipinski definition) is 4. The molecule has 0 spiro atoms. The fourth-order valence-electron chi connectivity index (χ4n) is 2.42. The van der Waals surface area contributed by atoms with Crippen molar-refractivity contribution in [1.82, 2.24) is 9.29 Å². The molecule has 1 atom stereocenters. The van der Waals surface area contributed by atoms with E-state index >= 15 is 0 Å². The Morgan fingerprint density at radius 1 is 1.26 bits per heavy atom. The number of aromatic nitrogens is 1. The zero-order valence-electron chi connectivity index (χ0n) is 10.3. The molecule has 1 aliphatic rings.